The van der Waals surface area contributed by atoms with E-state index in [0.717, 1.165) is 23.9 Å². The Kier molecular flexibility index (Phi) is 7.90. The van der Waals surface area contributed by atoms with Crippen molar-refractivity contribution in [1.82, 2.24) is 20.9 Å². The van der Waals surface area contributed by atoms with Crippen molar-refractivity contribution < 1.29 is 9.59 Å². The molecule has 1 heterocycles. The molecule has 0 unspecified atom stereocenters. The fraction of sp³-hybridized carbons (Fsp3) is 0.500. The molecule has 0 atom stereocenters. The highest BCUT2D eigenvalue weighted by molar-refractivity contribution is 14.0. The van der Waals surface area contributed by atoms with Crippen molar-refractivity contribution in [3.05, 3.63) is 34.3 Å². The van der Waals surface area contributed by atoms with Gasteiger partial charge in [0, 0.05) is 29.5 Å². The number of rotatable bonds is 7. The van der Waals surface area contributed by atoms with E-state index in [1.807, 2.05) is 13.0 Å². The summed E-state index contributed by atoms with van der Waals surface area (Å²) in [6.07, 6.45) is 2.25. The highest BCUT2D eigenvalue weighted by atomic mass is 127. The normalized spacial score (nSPS) is 18.0. The third-order valence-electron chi connectivity index (χ3n) is 4.75. The molecule has 1 aliphatic heterocycles. The van der Waals surface area contributed by atoms with Gasteiger partial charge in [0.05, 0.1) is 13.1 Å². The highest BCUT2D eigenvalue weighted by Gasteiger charge is 2.45. The molecule has 9 heteroatoms. The maximum atomic E-state index is 11.6. The smallest absolute Gasteiger partial charge is 0.324 e. The standard InChI is InChI=1S/C18H24BrN5O2.HI/c1-2-20-16(21-9-10-24-15(25)11-22-17(24)26)23-12-18(7-8-18)13-5-3-4-6-14(13)19;/h3-6H,2,7-12H2,1H3,(H,22,26)(H2,20,21,23);1H. The first-order chi connectivity index (χ1) is 12.6. The van der Waals surface area contributed by atoms with Crippen molar-refractivity contribution in [3.8, 4) is 0 Å². The summed E-state index contributed by atoms with van der Waals surface area (Å²) in [7, 11) is 0. The summed E-state index contributed by atoms with van der Waals surface area (Å²) in [6, 6.07) is 7.98. The molecule has 148 valence electrons. The van der Waals surface area contributed by atoms with E-state index >= 15 is 0 Å². The summed E-state index contributed by atoms with van der Waals surface area (Å²) in [5.41, 5.74) is 1.41. The Morgan fingerprint density at radius 1 is 1.30 bits per heavy atom. The van der Waals surface area contributed by atoms with Crippen LogP contribution in [0.5, 0.6) is 0 Å². The summed E-state index contributed by atoms with van der Waals surface area (Å²) in [5, 5.41) is 8.95. The zero-order valence-corrected chi connectivity index (χ0v) is 19.2. The SMILES string of the molecule is CCNC(=NCC1(c2ccccc2Br)CC1)NCCN1C(=O)CNC1=O.I. The van der Waals surface area contributed by atoms with Crippen LogP contribution in [0, 0.1) is 0 Å². The summed E-state index contributed by atoms with van der Waals surface area (Å²) in [4.78, 5) is 29.1. The Labute approximate surface area is 184 Å². The zero-order valence-electron chi connectivity index (χ0n) is 15.3. The number of guanidine groups is 1. The number of halogens is 2. The van der Waals surface area contributed by atoms with E-state index in [2.05, 4.69) is 50.1 Å². The third-order valence-corrected chi connectivity index (χ3v) is 5.44. The van der Waals surface area contributed by atoms with Crippen molar-refractivity contribution in [3.63, 3.8) is 0 Å². The molecule has 27 heavy (non-hydrogen) atoms. The van der Waals surface area contributed by atoms with Gasteiger partial charge < -0.3 is 16.0 Å². The van der Waals surface area contributed by atoms with Gasteiger partial charge in [0.2, 0.25) is 5.91 Å². The summed E-state index contributed by atoms with van der Waals surface area (Å²) in [6.45, 7) is 4.33. The summed E-state index contributed by atoms with van der Waals surface area (Å²) >= 11 is 3.65. The molecule has 2 fully saturated rings. The second-order valence-corrected chi connectivity index (χ2v) is 7.44. The number of imide groups is 1. The molecule has 1 saturated heterocycles. The van der Waals surface area contributed by atoms with E-state index in [1.165, 1.54) is 10.5 Å². The van der Waals surface area contributed by atoms with E-state index in [1.54, 1.807) is 0 Å². The molecular formula is C18H25BrIN5O2. The van der Waals surface area contributed by atoms with E-state index in [-0.39, 0.29) is 47.9 Å². The minimum absolute atomic E-state index is 0. The minimum atomic E-state index is -0.329. The van der Waals surface area contributed by atoms with Crippen LogP contribution in [0.2, 0.25) is 0 Å². The number of urea groups is 1. The molecule has 3 N–H and O–H groups in total. The fourth-order valence-electron chi connectivity index (χ4n) is 3.09. The van der Waals surface area contributed by atoms with E-state index < -0.39 is 0 Å². The molecule has 3 amide bonds. The van der Waals surface area contributed by atoms with Crippen LogP contribution in [0.1, 0.15) is 25.3 Å². The van der Waals surface area contributed by atoms with Gasteiger partial charge in [0.15, 0.2) is 5.96 Å². The number of carbonyl (C=O) groups excluding carboxylic acids is 2. The van der Waals surface area contributed by atoms with Crippen molar-refractivity contribution in [1.29, 1.82) is 0 Å². The number of hydrogen-bond donors (Lipinski definition) is 3. The number of amides is 3. The first-order valence-electron chi connectivity index (χ1n) is 8.91. The number of nitrogens with zero attached hydrogens (tertiary/aromatic N) is 2. The highest BCUT2D eigenvalue weighted by Crippen LogP contribution is 2.50. The van der Waals surface area contributed by atoms with Gasteiger partial charge in [-0.05, 0) is 31.4 Å². The predicted octanol–water partition coefficient (Wildman–Crippen LogP) is 2.21. The van der Waals surface area contributed by atoms with Crippen molar-refractivity contribution in [2.45, 2.75) is 25.2 Å². The maximum absolute atomic E-state index is 11.6. The second kappa shape index (κ2) is 9.72. The van der Waals surface area contributed by atoms with Gasteiger partial charge in [-0.1, -0.05) is 34.1 Å². The molecule has 1 aromatic rings. The van der Waals surface area contributed by atoms with Gasteiger partial charge in [0.25, 0.3) is 0 Å². The number of benzene rings is 1. The minimum Gasteiger partial charge on any atom is -0.357 e. The van der Waals surface area contributed by atoms with Gasteiger partial charge in [-0.2, -0.15) is 0 Å². The van der Waals surface area contributed by atoms with Gasteiger partial charge in [-0.15, -0.1) is 24.0 Å². The molecule has 0 radical (unpaired) electrons. The van der Waals surface area contributed by atoms with E-state index in [9.17, 15) is 9.59 Å². The Morgan fingerprint density at radius 3 is 2.63 bits per heavy atom. The van der Waals surface area contributed by atoms with Gasteiger partial charge in [-0.3, -0.25) is 14.7 Å². The van der Waals surface area contributed by atoms with Gasteiger partial charge >= 0.3 is 6.03 Å². The topological polar surface area (TPSA) is 85.8 Å². The number of hydrogen-bond acceptors (Lipinski definition) is 3. The average molecular weight is 550 g/mol. The van der Waals surface area contributed by atoms with Crippen LogP contribution >= 0.6 is 39.9 Å². The largest absolute Gasteiger partial charge is 0.357 e. The van der Waals surface area contributed by atoms with Crippen LogP contribution in [0.15, 0.2) is 33.7 Å². The maximum Gasteiger partial charge on any atom is 0.324 e. The molecule has 3 rings (SSSR count). The van der Waals surface area contributed by atoms with Crippen molar-refractivity contribution >= 4 is 57.8 Å². The Hall–Kier alpha value is -1.36. The molecule has 1 aromatic carbocycles. The lowest BCUT2D eigenvalue weighted by Gasteiger charge is -2.18. The van der Waals surface area contributed by atoms with E-state index in [4.69, 9.17) is 4.99 Å². The molecule has 1 aliphatic carbocycles. The number of carbonyl (C=O) groups is 2. The average Bonchev–Trinajstić information content (AvgIpc) is 3.35. The molecule has 1 saturated carbocycles. The molecular weight excluding hydrogens is 525 g/mol. The molecule has 0 aromatic heterocycles. The first kappa shape index (κ1) is 21.9. The van der Waals surface area contributed by atoms with Crippen molar-refractivity contribution in [2.75, 3.05) is 32.7 Å². The van der Waals surface area contributed by atoms with Crippen LogP contribution in [0.25, 0.3) is 0 Å². The Morgan fingerprint density at radius 2 is 2.04 bits per heavy atom. The lowest BCUT2D eigenvalue weighted by atomic mass is 9.96. The molecule has 0 bridgehead atoms. The number of nitrogens with one attached hydrogen (secondary N) is 3. The van der Waals surface area contributed by atoms with Crippen molar-refractivity contribution in [2.24, 2.45) is 4.99 Å². The fourth-order valence-corrected chi connectivity index (χ4v) is 3.80. The first-order valence-corrected chi connectivity index (χ1v) is 9.70. The van der Waals surface area contributed by atoms with Crippen LogP contribution in [-0.4, -0.2) is 55.5 Å². The zero-order chi connectivity index (χ0) is 18.6. The van der Waals surface area contributed by atoms with E-state index in [0.29, 0.717) is 25.6 Å². The molecule has 7 nitrogen and oxygen atoms in total. The van der Waals surface area contributed by atoms with Crippen LogP contribution in [0.4, 0.5) is 4.79 Å². The Balaban J connectivity index is 0.00000261. The summed E-state index contributed by atoms with van der Waals surface area (Å²) < 4.78 is 1.13. The van der Waals surface area contributed by atoms with Crippen LogP contribution in [-0.2, 0) is 10.2 Å². The molecule has 0 spiro atoms. The predicted molar refractivity (Wildman–Crippen MR) is 120 cm³/mol. The second-order valence-electron chi connectivity index (χ2n) is 6.59. The third kappa shape index (κ3) is 5.34. The number of aliphatic imine (C=N–C) groups is 1. The lowest BCUT2D eigenvalue weighted by Crippen LogP contribution is -2.43. The lowest BCUT2D eigenvalue weighted by molar-refractivity contribution is -0.124. The quantitative estimate of drug-likeness (QED) is 0.211. The van der Waals surface area contributed by atoms with Crippen LogP contribution < -0.4 is 16.0 Å². The van der Waals surface area contributed by atoms with Gasteiger partial charge in [-0.25, -0.2) is 4.79 Å². The Bertz CT molecular complexity index is 707. The molecule has 2 aliphatic rings. The van der Waals surface area contributed by atoms with Gasteiger partial charge in [0.1, 0.15) is 0 Å². The van der Waals surface area contributed by atoms with Crippen LogP contribution in [0.3, 0.4) is 0 Å². The summed E-state index contributed by atoms with van der Waals surface area (Å²) in [5.74, 6) is 0.516. The monoisotopic (exact) mass is 549 g/mol.